The van der Waals surface area contributed by atoms with Crippen molar-refractivity contribution < 1.29 is 19.0 Å². The van der Waals surface area contributed by atoms with Crippen LogP contribution in [0, 0.1) is 6.92 Å². The van der Waals surface area contributed by atoms with E-state index in [9.17, 15) is 4.79 Å². The van der Waals surface area contributed by atoms with Gasteiger partial charge < -0.3 is 25.3 Å². The number of aryl methyl sites for hydroxylation is 2. The quantitative estimate of drug-likeness (QED) is 0.717. The summed E-state index contributed by atoms with van der Waals surface area (Å²) in [5.74, 6) is 1.60. The summed E-state index contributed by atoms with van der Waals surface area (Å²) in [6.07, 6.45) is 0.816. The second kappa shape index (κ2) is 9.77. The molecule has 6 nitrogen and oxygen atoms in total. The van der Waals surface area contributed by atoms with Gasteiger partial charge >= 0.3 is 0 Å². The summed E-state index contributed by atoms with van der Waals surface area (Å²) in [5, 5.41) is 2.89. The van der Waals surface area contributed by atoms with Crippen LogP contribution in [0.5, 0.6) is 17.2 Å². The zero-order valence-corrected chi connectivity index (χ0v) is 16.2. The van der Waals surface area contributed by atoms with E-state index < -0.39 is 0 Å². The Bertz CT molecular complexity index is 765. The first-order valence-corrected chi connectivity index (χ1v) is 7.94. The molecular formula is C19H25ClN2O4. The molecule has 2 rings (SSSR count). The number of amides is 1. The molecule has 2 aromatic rings. The highest BCUT2D eigenvalue weighted by molar-refractivity contribution is 5.92. The highest BCUT2D eigenvalue weighted by Crippen LogP contribution is 2.40. The fraction of sp³-hybridized carbons (Fsp3) is 0.316. The van der Waals surface area contributed by atoms with E-state index in [-0.39, 0.29) is 18.3 Å². The van der Waals surface area contributed by atoms with E-state index in [2.05, 4.69) is 5.32 Å². The number of halogens is 1. The van der Waals surface area contributed by atoms with Gasteiger partial charge in [-0.05, 0) is 42.7 Å². The lowest BCUT2D eigenvalue weighted by molar-refractivity contribution is -0.116. The monoisotopic (exact) mass is 380 g/mol. The third-order valence-corrected chi connectivity index (χ3v) is 3.94. The van der Waals surface area contributed by atoms with Gasteiger partial charge in [0.05, 0.1) is 21.3 Å². The van der Waals surface area contributed by atoms with Gasteiger partial charge in [-0.2, -0.15) is 0 Å². The Balaban J connectivity index is 0.00000338. The summed E-state index contributed by atoms with van der Waals surface area (Å²) in [5.41, 5.74) is 8.95. The number of ether oxygens (including phenoxy) is 3. The second-order valence-electron chi connectivity index (χ2n) is 5.62. The second-order valence-corrected chi connectivity index (χ2v) is 5.62. The number of nitrogen functional groups attached to an aromatic ring is 1. The summed E-state index contributed by atoms with van der Waals surface area (Å²) in [6.45, 7) is 1.92. The van der Waals surface area contributed by atoms with Gasteiger partial charge in [0.25, 0.3) is 0 Å². The molecule has 1 amide bonds. The first-order valence-electron chi connectivity index (χ1n) is 7.94. The van der Waals surface area contributed by atoms with Crippen molar-refractivity contribution in [1.82, 2.24) is 0 Å². The van der Waals surface area contributed by atoms with Crippen molar-refractivity contribution in [3.05, 3.63) is 41.5 Å². The number of benzene rings is 2. The maximum Gasteiger partial charge on any atom is 0.224 e. The molecular weight excluding hydrogens is 356 g/mol. The molecule has 7 heteroatoms. The molecule has 0 radical (unpaired) electrons. The molecule has 0 spiro atoms. The number of hydrogen-bond acceptors (Lipinski definition) is 5. The van der Waals surface area contributed by atoms with Crippen LogP contribution in [0.2, 0.25) is 0 Å². The molecule has 0 atom stereocenters. The molecule has 0 saturated heterocycles. The van der Waals surface area contributed by atoms with Crippen LogP contribution in [-0.2, 0) is 11.2 Å². The van der Waals surface area contributed by atoms with Crippen LogP contribution in [0.15, 0.2) is 30.3 Å². The minimum atomic E-state index is -0.0921. The van der Waals surface area contributed by atoms with Crippen LogP contribution < -0.4 is 25.3 Å². The SMILES string of the molecule is COc1ccc(CCC(=O)Nc2cc(N)ccc2C)c(OC)c1OC.Cl. The Labute approximate surface area is 160 Å². The first-order chi connectivity index (χ1) is 12.0. The molecule has 0 aliphatic heterocycles. The van der Waals surface area contributed by atoms with E-state index >= 15 is 0 Å². The van der Waals surface area contributed by atoms with E-state index in [1.807, 2.05) is 19.1 Å². The standard InChI is InChI=1S/C19H24N2O4.ClH/c1-12-5-8-14(20)11-15(12)21-17(22)10-7-13-6-9-16(23-2)19(25-4)18(13)24-3;/h5-6,8-9,11H,7,10,20H2,1-4H3,(H,21,22);1H. The molecule has 2 aromatic carbocycles. The number of anilines is 2. The normalized spacial score (nSPS) is 9.85. The van der Waals surface area contributed by atoms with Gasteiger partial charge in [-0.1, -0.05) is 12.1 Å². The van der Waals surface area contributed by atoms with Gasteiger partial charge in [-0.25, -0.2) is 0 Å². The fourth-order valence-electron chi connectivity index (χ4n) is 2.60. The number of carbonyl (C=O) groups excluding carboxylic acids is 1. The van der Waals surface area contributed by atoms with Crippen LogP contribution in [0.4, 0.5) is 11.4 Å². The average molecular weight is 381 g/mol. The molecule has 3 N–H and O–H groups in total. The molecule has 0 heterocycles. The summed E-state index contributed by atoms with van der Waals surface area (Å²) in [6, 6.07) is 9.11. The molecule has 0 aliphatic rings. The van der Waals surface area contributed by atoms with Crippen LogP contribution in [0.1, 0.15) is 17.5 Å². The van der Waals surface area contributed by atoms with Crippen molar-refractivity contribution in [2.24, 2.45) is 0 Å². The van der Waals surface area contributed by atoms with E-state index in [0.29, 0.717) is 35.8 Å². The van der Waals surface area contributed by atoms with Gasteiger partial charge in [0.1, 0.15) is 0 Å². The van der Waals surface area contributed by atoms with Crippen LogP contribution in [-0.4, -0.2) is 27.2 Å². The van der Waals surface area contributed by atoms with Gasteiger partial charge in [0, 0.05) is 17.8 Å². The Hall–Kier alpha value is -2.60. The van der Waals surface area contributed by atoms with Crippen molar-refractivity contribution in [1.29, 1.82) is 0 Å². The number of carbonyl (C=O) groups is 1. The number of nitrogens with one attached hydrogen (secondary N) is 1. The Morgan fingerprint density at radius 1 is 1.04 bits per heavy atom. The highest BCUT2D eigenvalue weighted by atomic mass is 35.5. The third-order valence-electron chi connectivity index (χ3n) is 3.94. The van der Waals surface area contributed by atoms with E-state index in [1.54, 1.807) is 39.5 Å². The summed E-state index contributed by atoms with van der Waals surface area (Å²) < 4.78 is 16.1. The minimum Gasteiger partial charge on any atom is -0.493 e. The topological polar surface area (TPSA) is 82.8 Å². The van der Waals surface area contributed by atoms with Crippen molar-refractivity contribution in [2.75, 3.05) is 32.4 Å². The summed E-state index contributed by atoms with van der Waals surface area (Å²) in [4.78, 5) is 12.3. The molecule has 0 fully saturated rings. The van der Waals surface area contributed by atoms with Crippen molar-refractivity contribution in [3.8, 4) is 17.2 Å². The maximum atomic E-state index is 12.3. The van der Waals surface area contributed by atoms with Gasteiger partial charge in [0.15, 0.2) is 11.5 Å². The number of methoxy groups -OCH3 is 3. The van der Waals surface area contributed by atoms with E-state index in [4.69, 9.17) is 19.9 Å². The third kappa shape index (κ3) is 4.95. The predicted octanol–water partition coefficient (Wildman–Crippen LogP) is 3.60. The zero-order valence-electron chi connectivity index (χ0n) is 15.4. The highest BCUT2D eigenvalue weighted by Gasteiger charge is 2.16. The molecule has 142 valence electrons. The molecule has 0 aliphatic carbocycles. The maximum absolute atomic E-state index is 12.3. The molecule has 26 heavy (non-hydrogen) atoms. The lowest BCUT2D eigenvalue weighted by atomic mass is 10.1. The largest absolute Gasteiger partial charge is 0.493 e. The first kappa shape index (κ1) is 21.4. The Morgan fingerprint density at radius 3 is 2.35 bits per heavy atom. The smallest absolute Gasteiger partial charge is 0.224 e. The lowest BCUT2D eigenvalue weighted by Gasteiger charge is -2.16. The van der Waals surface area contributed by atoms with Gasteiger partial charge in [-0.15, -0.1) is 12.4 Å². The predicted molar refractivity (Wildman–Crippen MR) is 106 cm³/mol. The average Bonchev–Trinajstić information content (AvgIpc) is 2.61. The van der Waals surface area contributed by atoms with Crippen LogP contribution >= 0.6 is 12.4 Å². The van der Waals surface area contributed by atoms with Gasteiger partial charge in [-0.3, -0.25) is 4.79 Å². The zero-order chi connectivity index (χ0) is 18.4. The minimum absolute atomic E-state index is 0. The summed E-state index contributed by atoms with van der Waals surface area (Å²) in [7, 11) is 4.69. The molecule has 0 unspecified atom stereocenters. The van der Waals surface area contributed by atoms with Crippen molar-refractivity contribution >= 4 is 29.7 Å². The molecule has 0 aromatic heterocycles. The number of rotatable bonds is 7. The van der Waals surface area contributed by atoms with Crippen LogP contribution in [0.25, 0.3) is 0 Å². The number of nitrogens with two attached hydrogens (primary N) is 1. The Kier molecular flexibility index (Phi) is 8.06. The van der Waals surface area contributed by atoms with Crippen molar-refractivity contribution in [2.45, 2.75) is 19.8 Å². The van der Waals surface area contributed by atoms with Crippen molar-refractivity contribution in [3.63, 3.8) is 0 Å². The lowest BCUT2D eigenvalue weighted by Crippen LogP contribution is -2.13. The number of hydrogen-bond donors (Lipinski definition) is 2. The molecule has 0 bridgehead atoms. The van der Waals surface area contributed by atoms with Gasteiger partial charge in [0.2, 0.25) is 11.7 Å². The molecule has 0 saturated carbocycles. The van der Waals surface area contributed by atoms with E-state index in [0.717, 1.165) is 16.8 Å². The summed E-state index contributed by atoms with van der Waals surface area (Å²) >= 11 is 0. The Morgan fingerprint density at radius 2 is 1.73 bits per heavy atom. The fourth-order valence-corrected chi connectivity index (χ4v) is 2.60. The van der Waals surface area contributed by atoms with E-state index in [1.165, 1.54) is 0 Å². The van der Waals surface area contributed by atoms with Crippen LogP contribution in [0.3, 0.4) is 0 Å².